The molecule has 3 aromatic rings. The van der Waals surface area contributed by atoms with E-state index in [2.05, 4.69) is 52.5 Å². The molecular formula is C39H48ClN3O9. The number of likely N-dealkylation sites (tertiary alicyclic amines) is 1. The van der Waals surface area contributed by atoms with Gasteiger partial charge in [-0.05, 0) is 74.0 Å². The number of aliphatic hydroxyl groups is 2. The number of likely N-dealkylation sites (N-methyl/N-ethyl adjacent to an activating group) is 1. The Balaban J connectivity index is 0.000000280. The predicted molar refractivity (Wildman–Crippen MR) is 196 cm³/mol. The molecule has 1 saturated heterocycles. The monoisotopic (exact) mass is 737 g/mol. The molecule has 1 heterocycles. The summed E-state index contributed by atoms with van der Waals surface area (Å²) in [5, 5.41) is 19.3. The summed E-state index contributed by atoms with van der Waals surface area (Å²) in [5.74, 6) is -4.01. The zero-order chi connectivity index (χ0) is 38.2. The lowest BCUT2D eigenvalue weighted by Gasteiger charge is -2.37. The molecule has 0 spiro atoms. The van der Waals surface area contributed by atoms with E-state index in [1.165, 1.54) is 59.7 Å². The Morgan fingerprint density at radius 3 is 1.71 bits per heavy atom. The van der Waals surface area contributed by atoms with E-state index in [1.807, 2.05) is 19.0 Å². The first kappa shape index (κ1) is 41.8. The van der Waals surface area contributed by atoms with Gasteiger partial charge < -0.3 is 34.4 Å². The van der Waals surface area contributed by atoms with Crippen molar-refractivity contribution in [2.45, 2.75) is 57.2 Å². The van der Waals surface area contributed by atoms with E-state index in [0.29, 0.717) is 17.8 Å². The maximum absolute atomic E-state index is 12.1. The van der Waals surface area contributed by atoms with E-state index in [0.717, 1.165) is 45.4 Å². The van der Waals surface area contributed by atoms with Gasteiger partial charge in [0.2, 0.25) is 0 Å². The van der Waals surface area contributed by atoms with Gasteiger partial charge in [0, 0.05) is 45.7 Å². The molecule has 2 N–H and O–H groups in total. The van der Waals surface area contributed by atoms with Crippen molar-refractivity contribution in [2.24, 2.45) is 5.92 Å². The van der Waals surface area contributed by atoms with Crippen LogP contribution in [-0.2, 0) is 31.4 Å². The van der Waals surface area contributed by atoms with E-state index >= 15 is 0 Å². The second kappa shape index (κ2) is 21.0. The fourth-order valence-electron chi connectivity index (χ4n) is 5.68. The third-order valence-corrected chi connectivity index (χ3v) is 8.96. The number of esters is 4. The number of alkyl halides is 1. The van der Waals surface area contributed by atoms with E-state index in [1.54, 1.807) is 17.0 Å². The lowest BCUT2D eigenvalue weighted by atomic mass is 9.95. The zero-order valence-electron chi connectivity index (χ0n) is 30.0. The summed E-state index contributed by atoms with van der Waals surface area (Å²) in [4.78, 5) is 65.1. The Hall–Kier alpha value is -4.62. The van der Waals surface area contributed by atoms with Crippen LogP contribution in [0.25, 0.3) is 0 Å². The first-order chi connectivity index (χ1) is 24.8. The number of amides is 2. The molecule has 0 saturated carbocycles. The highest BCUT2D eigenvalue weighted by atomic mass is 35.5. The lowest BCUT2D eigenvalue weighted by molar-refractivity contribution is -0.166. The maximum Gasteiger partial charge on any atom is 0.346 e. The van der Waals surface area contributed by atoms with Crippen molar-refractivity contribution >= 4 is 41.5 Å². The predicted octanol–water partition coefficient (Wildman–Crippen LogP) is 4.55. The normalized spacial score (nSPS) is 14.7. The Labute approximate surface area is 309 Å². The van der Waals surface area contributed by atoms with Crippen molar-refractivity contribution in [2.75, 3.05) is 40.3 Å². The molecule has 52 heavy (non-hydrogen) atoms. The summed E-state index contributed by atoms with van der Waals surface area (Å²) in [6, 6.07) is 24.1. The average molecular weight is 738 g/mol. The average Bonchev–Trinajstić information content (AvgIpc) is 3.17. The fourth-order valence-corrected chi connectivity index (χ4v) is 5.85. The van der Waals surface area contributed by atoms with Crippen molar-refractivity contribution in [1.82, 2.24) is 14.7 Å². The number of nitrogens with zero attached hydrogens (tertiary/aromatic N) is 3. The molecule has 0 bridgehead atoms. The molecule has 1 aliphatic rings. The SMILES string of the molecule is CCN(CC1CCN(C(=O)N(C)C)CC1)C(C)Cc1cccc(CCl)c1.O=C(OC(=O)C(O)C(O)C(=O)OC(=O)c1ccccc1)c1ccccc1. The van der Waals surface area contributed by atoms with Crippen LogP contribution in [0.5, 0.6) is 0 Å². The van der Waals surface area contributed by atoms with E-state index in [4.69, 9.17) is 11.6 Å². The third kappa shape index (κ3) is 12.9. The van der Waals surface area contributed by atoms with Gasteiger partial charge in [-0.15, -0.1) is 11.6 Å². The molecule has 3 atom stereocenters. The number of benzene rings is 3. The highest BCUT2D eigenvalue weighted by Crippen LogP contribution is 2.21. The van der Waals surface area contributed by atoms with Gasteiger partial charge in [0.25, 0.3) is 0 Å². The number of piperidine rings is 1. The van der Waals surface area contributed by atoms with Crippen molar-refractivity contribution in [1.29, 1.82) is 0 Å². The number of hydrogen-bond donors (Lipinski definition) is 2. The summed E-state index contributed by atoms with van der Waals surface area (Å²) in [5.41, 5.74) is 2.62. The molecule has 3 aromatic carbocycles. The highest BCUT2D eigenvalue weighted by molar-refractivity contribution is 6.17. The number of hydrogen-bond acceptors (Lipinski definition) is 10. The van der Waals surface area contributed by atoms with E-state index in [9.17, 15) is 34.2 Å². The molecule has 3 unspecified atom stereocenters. The summed E-state index contributed by atoms with van der Waals surface area (Å²) >= 11 is 5.97. The van der Waals surface area contributed by atoms with E-state index < -0.39 is 36.1 Å². The van der Waals surface area contributed by atoms with Crippen LogP contribution in [0.3, 0.4) is 0 Å². The second-order valence-corrected chi connectivity index (χ2v) is 13.0. The molecule has 0 aliphatic carbocycles. The zero-order valence-corrected chi connectivity index (χ0v) is 30.8. The Kier molecular flexibility index (Phi) is 16.9. The van der Waals surface area contributed by atoms with Crippen molar-refractivity contribution < 1.29 is 43.7 Å². The summed E-state index contributed by atoms with van der Waals surface area (Å²) < 4.78 is 8.76. The van der Waals surface area contributed by atoms with Crippen LogP contribution in [-0.4, -0.2) is 113 Å². The van der Waals surface area contributed by atoms with Gasteiger partial charge in [0.05, 0.1) is 11.1 Å². The van der Waals surface area contributed by atoms with Crippen LogP contribution in [0.1, 0.15) is 58.5 Å². The van der Waals surface area contributed by atoms with Gasteiger partial charge in [0.1, 0.15) is 0 Å². The minimum atomic E-state index is -2.40. The number of urea groups is 1. The number of carbonyl (C=O) groups excluding carboxylic acids is 5. The Morgan fingerprint density at radius 1 is 0.788 bits per heavy atom. The number of rotatable bonds is 12. The second-order valence-electron chi connectivity index (χ2n) is 12.7. The third-order valence-electron chi connectivity index (χ3n) is 8.65. The topological polar surface area (TPSA) is 154 Å². The molecule has 12 nitrogen and oxygen atoms in total. The Bertz CT molecular complexity index is 1550. The smallest absolute Gasteiger partial charge is 0.346 e. The molecule has 2 amide bonds. The molecule has 13 heteroatoms. The van der Waals surface area contributed by atoms with Crippen molar-refractivity contribution in [3.63, 3.8) is 0 Å². The van der Waals surface area contributed by atoms with Gasteiger partial charge in [-0.1, -0.05) is 67.6 Å². The molecule has 4 rings (SSSR count). The standard InChI is InChI=1S/C21H34ClN3O.C18H14O8/c1-5-24(17(2)13-19-7-6-8-20(14-19)15-22)16-18-9-11-25(12-10-18)21(26)23(3)4;19-13(17(23)25-15(21)11-7-3-1-4-8-11)14(20)18(24)26-16(22)12-9-5-2-6-10-12/h6-8,14,17-18H,5,9-13,15-16H2,1-4H3;1-10,13-14,19-20H. The summed E-state index contributed by atoms with van der Waals surface area (Å²) in [7, 11) is 3.66. The van der Waals surface area contributed by atoms with Gasteiger partial charge in [0.15, 0.2) is 12.2 Å². The minimum absolute atomic E-state index is 0.0318. The molecular weight excluding hydrogens is 690 g/mol. The minimum Gasteiger partial charge on any atom is -0.387 e. The first-order valence-corrected chi connectivity index (χ1v) is 17.7. The van der Waals surface area contributed by atoms with Gasteiger partial charge in [-0.25, -0.2) is 24.0 Å². The summed E-state index contributed by atoms with van der Waals surface area (Å²) in [6.07, 6.45) is -1.55. The molecule has 1 fully saturated rings. The van der Waals surface area contributed by atoms with Crippen LogP contribution < -0.4 is 0 Å². The fraction of sp³-hybridized carbons (Fsp3) is 0.410. The van der Waals surface area contributed by atoms with Crippen molar-refractivity contribution in [3.05, 3.63) is 107 Å². The number of halogens is 1. The van der Waals surface area contributed by atoms with Crippen LogP contribution in [0, 0.1) is 5.92 Å². The highest BCUT2D eigenvalue weighted by Gasteiger charge is 2.35. The lowest BCUT2D eigenvalue weighted by Crippen LogP contribution is -2.46. The summed E-state index contributed by atoms with van der Waals surface area (Å²) in [6.45, 7) is 8.51. The van der Waals surface area contributed by atoms with Crippen LogP contribution >= 0.6 is 11.6 Å². The molecule has 280 valence electrons. The van der Waals surface area contributed by atoms with Gasteiger partial charge in [-0.2, -0.15) is 0 Å². The first-order valence-electron chi connectivity index (χ1n) is 17.2. The Morgan fingerprint density at radius 2 is 1.27 bits per heavy atom. The molecule has 1 aliphatic heterocycles. The van der Waals surface area contributed by atoms with E-state index in [-0.39, 0.29) is 17.2 Å². The van der Waals surface area contributed by atoms with Crippen molar-refractivity contribution in [3.8, 4) is 0 Å². The van der Waals surface area contributed by atoms with Crippen LogP contribution in [0.4, 0.5) is 4.79 Å². The number of ether oxygens (including phenoxy) is 2. The quantitative estimate of drug-likeness (QED) is 0.154. The van der Waals surface area contributed by atoms with Crippen LogP contribution in [0.15, 0.2) is 84.9 Å². The number of carbonyl (C=O) groups is 5. The number of aliphatic hydroxyl groups excluding tert-OH is 2. The molecule has 0 radical (unpaired) electrons. The van der Waals surface area contributed by atoms with Gasteiger partial charge in [-0.3, -0.25) is 0 Å². The molecule has 0 aromatic heterocycles. The van der Waals surface area contributed by atoms with Crippen LogP contribution in [0.2, 0.25) is 0 Å². The van der Waals surface area contributed by atoms with Gasteiger partial charge >= 0.3 is 29.9 Å². The largest absolute Gasteiger partial charge is 0.387 e. The maximum atomic E-state index is 12.1.